The number of hydrogen-bond donors (Lipinski definition) is 1. The zero-order valence-corrected chi connectivity index (χ0v) is 11.2. The Balaban J connectivity index is 1.84. The van der Waals surface area contributed by atoms with E-state index < -0.39 is 0 Å². The van der Waals surface area contributed by atoms with E-state index in [1.165, 1.54) is 57.9 Å². The highest BCUT2D eigenvalue weighted by molar-refractivity contribution is 4.86. The summed E-state index contributed by atoms with van der Waals surface area (Å²) in [5.74, 6) is 3.00. The average molecular weight is 223 g/mol. The van der Waals surface area contributed by atoms with Crippen LogP contribution in [-0.2, 0) is 0 Å². The van der Waals surface area contributed by atoms with Crippen LogP contribution in [0.25, 0.3) is 0 Å². The summed E-state index contributed by atoms with van der Waals surface area (Å²) >= 11 is 0. The molecule has 0 radical (unpaired) electrons. The first-order valence-corrected chi connectivity index (χ1v) is 7.58. The van der Waals surface area contributed by atoms with Crippen LogP contribution in [0.3, 0.4) is 0 Å². The molecule has 0 aromatic rings. The number of hydrogen-bond acceptors (Lipinski definition) is 1. The van der Waals surface area contributed by atoms with Crippen molar-refractivity contribution in [3.63, 3.8) is 0 Å². The first-order chi connectivity index (χ1) is 7.85. The molecule has 2 saturated carbocycles. The monoisotopic (exact) mass is 223 g/mol. The molecule has 0 saturated heterocycles. The summed E-state index contributed by atoms with van der Waals surface area (Å²) in [6.45, 7) is 6.08. The Kier molecular flexibility index (Phi) is 4.69. The van der Waals surface area contributed by atoms with E-state index in [1.807, 2.05) is 0 Å². The molecule has 2 unspecified atom stereocenters. The lowest BCUT2D eigenvalue weighted by Crippen LogP contribution is -2.35. The topological polar surface area (TPSA) is 12.0 Å². The molecule has 0 spiro atoms. The molecule has 0 amide bonds. The van der Waals surface area contributed by atoms with Crippen LogP contribution in [0.2, 0.25) is 0 Å². The second-order valence-corrected chi connectivity index (χ2v) is 5.97. The standard InChI is InChI=1S/C15H29N/c1-3-12(4-2)15-8-6-5-7-13(15)11-16-14-9-10-14/h12-16H,3-11H2,1-2H3. The molecule has 2 aliphatic carbocycles. The molecular weight excluding hydrogens is 194 g/mol. The van der Waals surface area contributed by atoms with E-state index in [0.717, 1.165) is 23.8 Å². The molecule has 2 atom stereocenters. The maximum atomic E-state index is 3.76. The van der Waals surface area contributed by atoms with Gasteiger partial charge in [0.25, 0.3) is 0 Å². The maximum absolute atomic E-state index is 3.76. The van der Waals surface area contributed by atoms with Gasteiger partial charge in [0.1, 0.15) is 0 Å². The molecule has 94 valence electrons. The van der Waals surface area contributed by atoms with E-state index in [0.29, 0.717) is 0 Å². The van der Waals surface area contributed by atoms with Gasteiger partial charge in [0.2, 0.25) is 0 Å². The van der Waals surface area contributed by atoms with E-state index in [9.17, 15) is 0 Å². The zero-order chi connectivity index (χ0) is 11.4. The molecule has 0 aliphatic heterocycles. The Hall–Kier alpha value is -0.0400. The number of rotatable bonds is 6. The van der Waals surface area contributed by atoms with Crippen molar-refractivity contribution in [1.82, 2.24) is 5.32 Å². The van der Waals surface area contributed by atoms with Gasteiger partial charge in [-0.05, 0) is 50.0 Å². The van der Waals surface area contributed by atoms with E-state index in [1.54, 1.807) is 0 Å². The summed E-state index contributed by atoms with van der Waals surface area (Å²) in [7, 11) is 0. The van der Waals surface area contributed by atoms with Gasteiger partial charge in [0, 0.05) is 6.04 Å². The molecule has 2 rings (SSSR count). The van der Waals surface area contributed by atoms with Crippen LogP contribution in [0.5, 0.6) is 0 Å². The fourth-order valence-corrected chi connectivity index (χ4v) is 3.61. The molecule has 0 heterocycles. The van der Waals surface area contributed by atoms with Gasteiger partial charge in [0.05, 0.1) is 0 Å². The second-order valence-electron chi connectivity index (χ2n) is 5.97. The molecule has 2 fully saturated rings. The quantitative estimate of drug-likeness (QED) is 0.718. The Bertz CT molecular complexity index is 194. The first kappa shape index (κ1) is 12.4. The molecule has 16 heavy (non-hydrogen) atoms. The highest BCUT2D eigenvalue weighted by Crippen LogP contribution is 2.38. The summed E-state index contributed by atoms with van der Waals surface area (Å²) in [6, 6.07) is 0.893. The fraction of sp³-hybridized carbons (Fsp3) is 1.00. The minimum absolute atomic E-state index is 0.893. The zero-order valence-electron chi connectivity index (χ0n) is 11.2. The molecule has 1 N–H and O–H groups in total. The van der Waals surface area contributed by atoms with Crippen LogP contribution >= 0.6 is 0 Å². The van der Waals surface area contributed by atoms with Crippen molar-refractivity contribution in [3.05, 3.63) is 0 Å². The van der Waals surface area contributed by atoms with Crippen molar-refractivity contribution in [2.75, 3.05) is 6.54 Å². The second kappa shape index (κ2) is 6.05. The summed E-state index contributed by atoms with van der Waals surface area (Å²) in [4.78, 5) is 0. The Morgan fingerprint density at radius 2 is 1.69 bits per heavy atom. The lowest BCUT2D eigenvalue weighted by atomic mass is 9.70. The predicted octanol–water partition coefficient (Wildman–Crippen LogP) is 3.98. The van der Waals surface area contributed by atoms with Gasteiger partial charge < -0.3 is 5.32 Å². The SMILES string of the molecule is CCC(CC)C1CCCCC1CNC1CC1. The van der Waals surface area contributed by atoms with Crippen molar-refractivity contribution in [1.29, 1.82) is 0 Å². The van der Waals surface area contributed by atoms with Crippen LogP contribution in [0.4, 0.5) is 0 Å². The van der Waals surface area contributed by atoms with E-state index >= 15 is 0 Å². The largest absolute Gasteiger partial charge is 0.314 e. The van der Waals surface area contributed by atoms with Crippen LogP contribution in [0, 0.1) is 17.8 Å². The number of nitrogens with one attached hydrogen (secondary N) is 1. The smallest absolute Gasteiger partial charge is 0.00683 e. The average Bonchev–Trinajstić information content (AvgIpc) is 3.13. The fourth-order valence-electron chi connectivity index (χ4n) is 3.61. The van der Waals surface area contributed by atoms with Gasteiger partial charge >= 0.3 is 0 Å². The molecule has 1 heteroatoms. The van der Waals surface area contributed by atoms with Crippen LogP contribution in [0.15, 0.2) is 0 Å². The van der Waals surface area contributed by atoms with Crippen LogP contribution in [0.1, 0.15) is 65.2 Å². The van der Waals surface area contributed by atoms with Crippen molar-refractivity contribution < 1.29 is 0 Å². The molecule has 2 aliphatic rings. The molecule has 1 nitrogen and oxygen atoms in total. The van der Waals surface area contributed by atoms with Crippen molar-refractivity contribution in [2.45, 2.75) is 71.3 Å². The summed E-state index contributed by atoms with van der Waals surface area (Å²) in [5, 5.41) is 3.76. The highest BCUT2D eigenvalue weighted by atomic mass is 14.9. The summed E-state index contributed by atoms with van der Waals surface area (Å²) in [6.07, 6.45) is 11.6. The summed E-state index contributed by atoms with van der Waals surface area (Å²) < 4.78 is 0. The summed E-state index contributed by atoms with van der Waals surface area (Å²) in [5.41, 5.74) is 0. The normalized spacial score (nSPS) is 30.9. The molecular formula is C15H29N. The van der Waals surface area contributed by atoms with Crippen molar-refractivity contribution in [3.8, 4) is 0 Å². The lowest BCUT2D eigenvalue weighted by molar-refractivity contribution is 0.149. The van der Waals surface area contributed by atoms with Gasteiger partial charge in [-0.3, -0.25) is 0 Å². The van der Waals surface area contributed by atoms with Gasteiger partial charge in [-0.2, -0.15) is 0 Å². The Morgan fingerprint density at radius 1 is 1.00 bits per heavy atom. The van der Waals surface area contributed by atoms with Gasteiger partial charge in [-0.25, -0.2) is 0 Å². The Labute approximate surface area is 101 Å². The predicted molar refractivity (Wildman–Crippen MR) is 70.5 cm³/mol. The minimum Gasteiger partial charge on any atom is -0.314 e. The van der Waals surface area contributed by atoms with Gasteiger partial charge in [-0.15, -0.1) is 0 Å². The molecule has 0 aromatic carbocycles. The molecule has 0 aromatic heterocycles. The van der Waals surface area contributed by atoms with Crippen LogP contribution < -0.4 is 5.32 Å². The Morgan fingerprint density at radius 3 is 2.31 bits per heavy atom. The van der Waals surface area contributed by atoms with Crippen molar-refractivity contribution in [2.24, 2.45) is 17.8 Å². The van der Waals surface area contributed by atoms with E-state index in [-0.39, 0.29) is 0 Å². The van der Waals surface area contributed by atoms with Crippen molar-refractivity contribution >= 4 is 0 Å². The minimum atomic E-state index is 0.893. The van der Waals surface area contributed by atoms with E-state index in [4.69, 9.17) is 0 Å². The third kappa shape index (κ3) is 3.23. The van der Waals surface area contributed by atoms with Gasteiger partial charge in [-0.1, -0.05) is 39.5 Å². The third-order valence-electron chi connectivity index (χ3n) is 4.87. The third-order valence-corrected chi connectivity index (χ3v) is 4.87. The first-order valence-electron chi connectivity index (χ1n) is 7.58. The van der Waals surface area contributed by atoms with E-state index in [2.05, 4.69) is 19.2 Å². The lowest BCUT2D eigenvalue weighted by Gasteiger charge is -2.37. The van der Waals surface area contributed by atoms with Gasteiger partial charge in [0.15, 0.2) is 0 Å². The highest BCUT2D eigenvalue weighted by Gasteiger charge is 2.31. The maximum Gasteiger partial charge on any atom is 0.00683 e. The molecule has 0 bridgehead atoms. The van der Waals surface area contributed by atoms with Crippen LogP contribution in [-0.4, -0.2) is 12.6 Å².